The van der Waals surface area contributed by atoms with Crippen molar-refractivity contribution < 1.29 is 9.90 Å². The Labute approximate surface area is 148 Å². The monoisotopic (exact) mass is 336 g/mol. The summed E-state index contributed by atoms with van der Waals surface area (Å²) in [4.78, 5) is 14.4. The molecule has 2 aliphatic rings. The van der Waals surface area contributed by atoms with E-state index in [0.29, 0.717) is 24.9 Å². The predicted molar refractivity (Wildman–Crippen MR) is 97.4 cm³/mol. The smallest absolute Gasteiger partial charge is 0.318 e. The van der Waals surface area contributed by atoms with Crippen LogP contribution in [0, 0.1) is 5.92 Å². The van der Waals surface area contributed by atoms with Gasteiger partial charge in [0.2, 0.25) is 0 Å². The number of benzene rings is 2. The minimum absolute atomic E-state index is 0.0412. The number of carbonyl (C=O) groups excluding carboxylic acids is 1. The highest BCUT2D eigenvalue weighted by Gasteiger charge is 2.39. The van der Waals surface area contributed by atoms with Crippen LogP contribution in [0.1, 0.15) is 35.1 Å². The van der Waals surface area contributed by atoms with Crippen molar-refractivity contribution in [3.8, 4) is 0 Å². The third-order valence-corrected chi connectivity index (χ3v) is 5.51. The second kappa shape index (κ2) is 6.89. The second-order valence-corrected chi connectivity index (χ2v) is 7.04. The van der Waals surface area contributed by atoms with Crippen LogP contribution in [0.2, 0.25) is 0 Å². The van der Waals surface area contributed by atoms with Crippen LogP contribution >= 0.6 is 0 Å². The molecular weight excluding hydrogens is 312 g/mol. The fourth-order valence-electron chi connectivity index (χ4n) is 3.99. The van der Waals surface area contributed by atoms with Crippen molar-refractivity contribution in [1.29, 1.82) is 0 Å². The highest BCUT2D eigenvalue weighted by molar-refractivity contribution is 5.75. The Kier molecular flexibility index (Phi) is 4.45. The molecule has 25 heavy (non-hydrogen) atoms. The van der Waals surface area contributed by atoms with Crippen LogP contribution in [0.5, 0.6) is 0 Å². The molecule has 0 aromatic heterocycles. The zero-order chi connectivity index (χ0) is 17.2. The maximum absolute atomic E-state index is 12.7. The third kappa shape index (κ3) is 3.27. The first kappa shape index (κ1) is 16.2. The van der Waals surface area contributed by atoms with E-state index in [1.54, 1.807) is 4.90 Å². The average molecular weight is 336 g/mol. The molecule has 1 heterocycles. The zero-order valence-corrected chi connectivity index (χ0v) is 14.3. The molecular formula is C21H24N2O2. The first-order valence-corrected chi connectivity index (χ1v) is 9.06. The van der Waals surface area contributed by atoms with Crippen LogP contribution in [-0.4, -0.2) is 35.7 Å². The van der Waals surface area contributed by atoms with Crippen molar-refractivity contribution >= 4 is 6.03 Å². The summed E-state index contributed by atoms with van der Waals surface area (Å²) in [6, 6.07) is 18.3. The molecule has 2 aromatic carbocycles. The number of aliphatic hydroxyl groups is 1. The molecule has 130 valence electrons. The SMILES string of the molecule is O=C(NCC1CC1c1ccccc1)N1CCc2ccccc2C1CO. The summed E-state index contributed by atoms with van der Waals surface area (Å²) in [6.07, 6.45) is 1.98. The summed E-state index contributed by atoms with van der Waals surface area (Å²) in [7, 11) is 0. The van der Waals surface area contributed by atoms with E-state index in [4.69, 9.17) is 0 Å². The standard InChI is InChI=1S/C21H24N2O2/c24-14-20-18-9-5-4-8-16(18)10-11-23(20)21(25)22-13-17-12-19(17)15-6-2-1-3-7-15/h1-9,17,19-20,24H,10-14H2,(H,22,25). The van der Waals surface area contributed by atoms with Gasteiger partial charge in [-0.1, -0.05) is 54.6 Å². The number of rotatable bonds is 4. The summed E-state index contributed by atoms with van der Waals surface area (Å²) in [5.74, 6) is 1.09. The van der Waals surface area contributed by atoms with E-state index in [9.17, 15) is 9.90 Å². The van der Waals surface area contributed by atoms with E-state index in [-0.39, 0.29) is 18.7 Å². The first-order chi connectivity index (χ1) is 12.3. The highest BCUT2D eigenvalue weighted by atomic mass is 16.3. The van der Waals surface area contributed by atoms with Gasteiger partial charge in [0.15, 0.2) is 0 Å². The van der Waals surface area contributed by atoms with Crippen molar-refractivity contribution in [2.45, 2.75) is 24.8 Å². The number of carbonyl (C=O) groups is 1. The van der Waals surface area contributed by atoms with Gasteiger partial charge in [0.25, 0.3) is 0 Å². The molecule has 2 amide bonds. The van der Waals surface area contributed by atoms with Gasteiger partial charge < -0.3 is 15.3 Å². The third-order valence-electron chi connectivity index (χ3n) is 5.51. The summed E-state index contributed by atoms with van der Waals surface area (Å²) in [6.45, 7) is 1.32. The zero-order valence-electron chi connectivity index (χ0n) is 14.3. The fraction of sp³-hybridized carbons (Fsp3) is 0.381. The largest absolute Gasteiger partial charge is 0.394 e. The number of urea groups is 1. The number of amides is 2. The number of nitrogens with zero attached hydrogens (tertiary/aromatic N) is 1. The van der Waals surface area contributed by atoms with Crippen molar-refractivity contribution in [1.82, 2.24) is 10.2 Å². The summed E-state index contributed by atoms with van der Waals surface area (Å²) >= 11 is 0. The average Bonchev–Trinajstić information content (AvgIpc) is 3.45. The second-order valence-electron chi connectivity index (χ2n) is 7.04. The Balaban J connectivity index is 1.36. The lowest BCUT2D eigenvalue weighted by molar-refractivity contribution is 0.127. The molecule has 0 saturated heterocycles. The molecule has 1 aliphatic carbocycles. The van der Waals surface area contributed by atoms with Crippen molar-refractivity contribution in [3.05, 3.63) is 71.3 Å². The van der Waals surface area contributed by atoms with Gasteiger partial charge >= 0.3 is 6.03 Å². The minimum Gasteiger partial charge on any atom is -0.394 e. The Morgan fingerprint density at radius 1 is 1.12 bits per heavy atom. The van der Waals surface area contributed by atoms with E-state index in [1.807, 2.05) is 24.3 Å². The molecule has 0 bridgehead atoms. The Hall–Kier alpha value is -2.33. The molecule has 1 aliphatic heterocycles. The van der Waals surface area contributed by atoms with Crippen LogP contribution in [0.3, 0.4) is 0 Å². The van der Waals surface area contributed by atoms with Crippen LogP contribution in [0.15, 0.2) is 54.6 Å². The lowest BCUT2D eigenvalue weighted by Crippen LogP contribution is -2.47. The molecule has 4 heteroatoms. The molecule has 0 spiro atoms. The van der Waals surface area contributed by atoms with Crippen LogP contribution in [0.4, 0.5) is 4.79 Å². The van der Waals surface area contributed by atoms with Crippen molar-refractivity contribution in [2.24, 2.45) is 5.92 Å². The number of hydrogen-bond acceptors (Lipinski definition) is 2. The highest BCUT2D eigenvalue weighted by Crippen LogP contribution is 2.46. The lowest BCUT2D eigenvalue weighted by Gasteiger charge is -2.36. The molecule has 3 unspecified atom stereocenters. The van der Waals surface area contributed by atoms with Crippen molar-refractivity contribution in [2.75, 3.05) is 19.7 Å². The van der Waals surface area contributed by atoms with Crippen LogP contribution in [-0.2, 0) is 6.42 Å². The molecule has 3 atom stereocenters. The molecule has 0 radical (unpaired) electrons. The summed E-state index contributed by atoms with van der Waals surface area (Å²) < 4.78 is 0. The summed E-state index contributed by atoms with van der Waals surface area (Å²) in [5.41, 5.74) is 3.67. The molecule has 1 saturated carbocycles. The normalized spacial score (nSPS) is 24.5. The quantitative estimate of drug-likeness (QED) is 0.901. The molecule has 2 N–H and O–H groups in total. The molecule has 4 rings (SSSR count). The van der Waals surface area contributed by atoms with E-state index in [2.05, 4.69) is 35.6 Å². The maximum atomic E-state index is 12.7. The Morgan fingerprint density at radius 3 is 2.68 bits per heavy atom. The molecule has 2 aromatic rings. The lowest BCUT2D eigenvalue weighted by atomic mass is 9.93. The predicted octanol–water partition coefficient (Wildman–Crippen LogP) is 3.09. The Morgan fingerprint density at radius 2 is 1.88 bits per heavy atom. The molecule has 4 nitrogen and oxygen atoms in total. The van der Waals surface area contributed by atoms with Gasteiger partial charge in [-0.25, -0.2) is 4.79 Å². The number of fused-ring (bicyclic) bond motifs is 1. The number of aliphatic hydroxyl groups excluding tert-OH is 1. The van der Waals surface area contributed by atoms with E-state index in [1.165, 1.54) is 11.1 Å². The van der Waals surface area contributed by atoms with Gasteiger partial charge in [-0.2, -0.15) is 0 Å². The maximum Gasteiger partial charge on any atom is 0.318 e. The summed E-state index contributed by atoms with van der Waals surface area (Å²) in [5, 5.41) is 12.9. The van der Waals surface area contributed by atoms with Crippen LogP contribution in [0.25, 0.3) is 0 Å². The molecule has 1 fully saturated rings. The van der Waals surface area contributed by atoms with Gasteiger partial charge in [-0.15, -0.1) is 0 Å². The van der Waals surface area contributed by atoms with E-state index in [0.717, 1.165) is 18.4 Å². The number of hydrogen-bond donors (Lipinski definition) is 2. The van der Waals surface area contributed by atoms with Gasteiger partial charge in [-0.3, -0.25) is 0 Å². The first-order valence-electron chi connectivity index (χ1n) is 9.06. The van der Waals surface area contributed by atoms with Crippen LogP contribution < -0.4 is 5.32 Å². The van der Waals surface area contributed by atoms with Gasteiger partial charge in [-0.05, 0) is 41.4 Å². The van der Waals surface area contributed by atoms with Gasteiger partial charge in [0, 0.05) is 13.1 Å². The minimum atomic E-state index is -0.242. The van der Waals surface area contributed by atoms with Crippen molar-refractivity contribution in [3.63, 3.8) is 0 Å². The number of nitrogens with one attached hydrogen (secondary N) is 1. The Bertz CT molecular complexity index is 747. The van der Waals surface area contributed by atoms with E-state index >= 15 is 0 Å². The van der Waals surface area contributed by atoms with Gasteiger partial charge in [0.1, 0.15) is 0 Å². The topological polar surface area (TPSA) is 52.6 Å². The fourth-order valence-corrected chi connectivity index (χ4v) is 3.99. The van der Waals surface area contributed by atoms with E-state index < -0.39 is 0 Å². The van der Waals surface area contributed by atoms with Gasteiger partial charge in [0.05, 0.1) is 12.6 Å².